The lowest BCUT2D eigenvalue weighted by Gasteiger charge is -2.28. The van der Waals surface area contributed by atoms with E-state index in [4.69, 9.17) is 15.3 Å². The number of aliphatic hydroxyl groups excluding tert-OH is 1. The van der Waals surface area contributed by atoms with Gasteiger partial charge in [-0.2, -0.15) is 0 Å². The first-order chi connectivity index (χ1) is 10.9. The first-order valence-corrected chi connectivity index (χ1v) is 8.71. The normalized spacial score (nSPS) is 22.0. The van der Waals surface area contributed by atoms with Crippen LogP contribution in [0, 0.1) is 11.3 Å². The molecule has 0 spiro atoms. The zero-order chi connectivity index (χ0) is 17.3. The number of carboxylic acid groups (broad SMARTS) is 2. The fourth-order valence-electron chi connectivity index (χ4n) is 3.12. The molecule has 1 saturated carbocycles. The molecule has 0 radical (unpaired) electrons. The molecule has 1 aliphatic carbocycles. The Morgan fingerprint density at radius 3 is 2.09 bits per heavy atom. The molecule has 134 valence electrons. The SMILES string of the molecule is CC(CCCCCCNC1CCC(CO)CC1)(C(=O)O)C(=O)O. The Bertz CT molecular complexity index is 363. The summed E-state index contributed by atoms with van der Waals surface area (Å²) in [5.41, 5.74) is -1.66. The van der Waals surface area contributed by atoms with E-state index in [1.54, 1.807) is 0 Å². The summed E-state index contributed by atoms with van der Waals surface area (Å²) in [5.74, 6) is -2.04. The summed E-state index contributed by atoms with van der Waals surface area (Å²) in [6.45, 7) is 2.53. The van der Waals surface area contributed by atoms with E-state index in [1.165, 1.54) is 6.92 Å². The third-order valence-electron chi connectivity index (χ3n) is 5.09. The Morgan fingerprint density at radius 2 is 1.57 bits per heavy atom. The number of nitrogens with one attached hydrogen (secondary N) is 1. The number of aliphatic carboxylic acids is 2. The molecule has 1 rings (SSSR count). The van der Waals surface area contributed by atoms with Crippen LogP contribution in [0.1, 0.15) is 64.7 Å². The Hall–Kier alpha value is -1.14. The molecule has 6 heteroatoms. The van der Waals surface area contributed by atoms with E-state index in [9.17, 15) is 9.59 Å². The molecule has 0 aromatic carbocycles. The molecule has 0 aliphatic heterocycles. The highest BCUT2D eigenvalue weighted by molar-refractivity contribution is 5.97. The first-order valence-electron chi connectivity index (χ1n) is 8.71. The van der Waals surface area contributed by atoms with Gasteiger partial charge in [-0.05, 0) is 57.9 Å². The molecule has 0 unspecified atom stereocenters. The lowest BCUT2D eigenvalue weighted by Crippen LogP contribution is -2.36. The van der Waals surface area contributed by atoms with Crippen molar-refractivity contribution in [3.05, 3.63) is 0 Å². The predicted octanol–water partition coefficient (Wildman–Crippen LogP) is 2.25. The van der Waals surface area contributed by atoms with Crippen molar-refractivity contribution in [1.29, 1.82) is 0 Å². The molecule has 0 aromatic rings. The van der Waals surface area contributed by atoms with Gasteiger partial charge in [0.15, 0.2) is 5.41 Å². The standard InChI is InChI=1S/C17H31NO5/c1-17(15(20)21,16(22)23)10-4-2-3-5-11-18-14-8-6-13(12-19)7-9-14/h13-14,18-19H,2-12H2,1H3,(H,20,21)(H,22,23). The number of hydrogen-bond donors (Lipinski definition) is 4. The second kappa shape index (κ2) is 9.88. The van der Waals surface area contributed by atoms with Crippen LogP contribution in [0.15, 0.2) is 0 Å². The van der Waals surface area contributed by atoms with Crippen LogP contribution in [0.25, 0.3) is 0 Å². The Balaban J connectivity index is 2.06. The van der Waals surface area contributed by atoms with Crippen LogP contribution in [0.3, 0.4) is 0 Å². The molecule has 0 amide bonds. The van der Waals surface area contributed by atoms with Crippen molar-refractivity contribution in [2.24, 2.45) is 11.3 Å². The summed E-state index contributed by atoms with van der Waals surface area (Å²) in [5, 5.41) is 30.7. The molecule has 23 heavy (non-hydrogen) atoms. The van der Waals surface area contributed by atoms with E-state index in [0.29, 0.717) is 25.0 Å². The lowest BCUT2D eigenvalue weighted by atomic mass is 9.85. The van der Waals surface area contributed by atoms with Crippen molar-refractivity contribution in [1.82, 2.24) is 5.32 Å². The molecule has 0 atom stereocenters. The van der Waals surface area contributed by atoms with Gasteiger partial charge < -0.3 is 20.6 Å². The first kappa shape index (κ1) is 19.9. The van der Waals surface area contributed by atoms with Crippen LogP contribution in [-0.2, 0) is 9.59 Å². The fraction of sp³-hybridized carbons (Fsp3) is 0.882. The number of rotatable bonds is 11. The van der Waals surface area contributed by atoms with E-state index in [2.05, 4.69) is 5.32 Å². The Labute approximate surface area is 138 Å². The maximum absolute atomic E-state index is 11.0. The minimum absolute atomic E-state index is 0.177. The minimum Gasteiger partial charge on any atom is -0.480 e. The zero-order valence-corrected chi connectivity index (χ0v) is 14.1. The van der Waals surface area contributed by atoms with Gasteiger partial charge in [-0.25, -0.2) is 0 Å². The van der Waals surface area contributed by atoms with E-state index < -0.39 is 17.4 Å². The third kappa shape index (κ3) is 6.47. The molecule has 4 N–H and O–H groups in total. The maximum atomic E-state index is 11.0. The van der Waals surface area contributed by atoms with E-state index in [0.717, 1.165) is 51.5 Å². The molecule has 0 heterocycles. The quantitative estimate of drug-likeness (QED) is 0.342. The van der Waals surface area contributed by atoms with Crippen LogP contribution in [0.4, 0.5) is 0 Å². The van der Waals surface area contributed by atoms with E-state index in [-0.39, 0.29) is 6.42 Å². The van der Waals surface area contributed by atoms with Crippen LogP contribution in [-0.4, -0.2) is 46.5 Å². The van der Waals surface area contributed by atoms with E-state index in [1.807, 2.05) is 0 Å². The van der Waals surface area contributed by atoms with Gasteiger partial charge in [0.1, 0.15) is 0 Å². The van der Waals surface area contributed by atoms with Gasteiger partial charge in [0.2, 0.25) is 0 Å². The number of unbranched alkanes of at least 4 members (excludes halogenated alkanes) is 3. The zero-order valence-electron chi connectivity index (χ0n) is 14.1. The average Bonchev–Trinajstić information content (AvgIpc) is 2.53. The molecule has 0 bridgehead atoms. The molecule has 0 aromatic heterocycles. The predicted molar refractivity (Wildman–Crippen MR) is 87.3 cm³/mol. The number of carboxylic acids is 2. The van der Waals surface area contributed by atoms with Crippen LogP contribution in [0.5, 0.6) is 0 Å². The van der Waals surface area contributed by atoms with Crippen molar-refractivity contribution in [3.8, 4) is 0 Å². The molecule has 0 saturated heterocycles. The van der Waals surface area contributed by atoms with Gasteiger partial charge in [-0.3, -0.25) is 9.59 Å². The summed E-state index contributed by atoms with van der Waals surface area (Å²) in [6.07, 6.45) is 8.10. The van der Waals surface area contributed by atoms with Crippen molar-refractivity contribution in [3.63, 3.8) is 0 Å². The monoisotopic (exact) mass is 329 g/mol. The second-order valence-electron chi connectivity index (χ2n) is 6.96. The van der Waals surface area contributed by atoms with Gasteiger partial charge in [0, 0.05) is 12.6 Å². The van der Waals surface area contributed by atoms with Gasteiger partial charge in [-0.1, -0.05) is 19.3 Å². The summed E-state index contributed by atoms with van der Waals surface area (Å²) < 4.78 is 0. The largest absolute Gasteiger partial charge is 0.480 e. The van der Waals surface area contributed by atoms with Gasteiger partial charge in [-0.15, -0.1) is 0 Å². The van der Waals surface area contributed by atoms with Crippen LogP contribution < -0.4 is 5.32 Å². The Kier molecular flexibility index (Phi) is 8.55. The fourth-order valence-corrected chi connectivity index (χ4v) is 3.12. The second-order valence-corrected chi connectivity index (χ2v) is 6.96. The molecular formula is C17H31NO5. The smallest absolute Gasteiger partial charge is 0.320 e. The summed E-state index contributed by atoms with van der Waals surface area (Å²) in [6, 6.07) is 0.556. The maximum Gasteiger partial charge on any atom is 0.320 e. The van der Waals surface area contributed by atoms with Crippen LogP contribution in [0.2, 0.25) is 0 Å². The van der Waals surface area contributed by atoms with Crippen molar-refractivity contribution < 1.29 is 24.9 Å². The van der Waals surface area contributed by atoms with E-state index >= 15 is 0 Å². The average molecular weight is 329 g/mol. The Morgan fingerprint density at radius 1 is 1.00 bits per heavy atom. The lowest BCUT2D eigenvalue weighted by molar-refractivity contribution is -0.163. The highest BCUT2D eigenvalue weighted by Gasteiger charge is 2.40. The van der Waals surface area contributed by atoms with Crippen molar-refractivity contribution in [2.45, 2.75) is 70.8 Å². The van der Waals surface area contributed by atoms with Crippen molar-refractivity contribution in [2.75, 3.05) is 13.2 Å². The highest BCUT2D eigenvalue weighted by atomic mass is 16.4. The number of aliphatic hydroxyl groups is 1. The van der Waals surface area contributed by atoms with Crippen LogP contribution >= 0.6 is 0 Å². The van der Waals surface area contributed by atoms with Gasteiger partial charge in [0.25, 0.3) is 0 Å². The highest BCUT2D eigenvalue weighted by Crippen LogP contribution is 2.26. The summed E-state index contributed by atoms with van der Waals surface area (Å²) in [7, 11) is 0. The van der Waals surface area contributed by atoms with Gasteiger partial charge >= 0.3 is 11.9 Å². The third-order valence-corrected chi connectivity index (χ3v) is 5.09. The number of carbonyl (C=O) groups is 2. The summed E-state index contributed by atoms with van der Waals surface area (Å²) in [4.78, 5) is 22.1. The van der Waals surface area contributed by atoms with Gasteiger partial charge in [0.05, 0.1) is 0 Å². The molecule has 1 aliphatic rings. The summed E-state index contributed by atoms with van der Waals surface area (Å²) >= 11 is 0. The molecular weight excluding hydrogens is 298 g/mol. The number of hydrogen-bond acceptors (Lipinski definition) is 4. The topological polar surface area (TPSA) is 107 Å². The minimum atomic E-state index is -1.66. The van der Waals surface area contributed by atoms with Crippen molar-refractivity contribution >= 4 is 11.9 Å². The molecule has 6 nitrogen and oxygen atoms in total. The molecule has 1 fully saturated rings.